The van der Waals surface area contributed by atoms with Crippen molar-refractivity contribution in [1.82, 2.24) is 15.5 Å². The first kappa shape index (κ1) is 24.1. The number of benzene rings is 1. The van der Waals surface area contributed by atoms with Crippen LogP contribution in [0.15, 0.2) is 52.1 Å². The van der Waals surface area contributed by atoms with Crippen LogP contribution in [0, 0.1) is 0 Å². The maximum atomic E-state index is 5.73. The van der Waals surface area contributed by atoms with Crippen LogP contribution in [0.3, 0.4) is 0 Å². The van der Waals surface area contributed by atoms with Crippen LogP contribution in [0.4, 0.5) is 0 Å². The van der Waals surface area contributed by atoms with Crippen molar-refractivity contribution in [3.8, 4) is 0 Å². The molecule has 2 N–H and O–H groups in total. The number of rotatable bonds is 9. The lowest BCUT2D eigenvalue weighted by Crippen LogP contribution is -2.41. The maximum Gasteiger partial charge on any atom is 0.191 e. The zero-order chi connectivity index (χ0) is 20.4. The van der Waals surface area contributed by atoms with Gasteiger partial charge in [0.1, 0.15) is 5.76 Å². The highest BCUT2D eigenvalue weighted by Crippen LogP contribution is 2.14. The summed E-state index contributed by atoms with van der Waals surface area (Å²) in [6.45, 7) is 6.62. The average molecular weight is 538 g/mol. The zero-order valence-electron chi connectivity index (χ0n) is 18.2. The summed E-state index contributed by atoms with van der Waals surface area (Å²) in [5, 5.41) is 6.88. The molecule has 0 bridgehead atoms. The minimum Gasteiger partial charge on any atom is -0.469 e. The SMILES string of the molecule is I.c1coc(CCNC(=NCc2ccc(CN3CCCC3)cc2)NCC2CCCO2)c1. The molecule has 3 heterocycles. The molecule has 0 saturated carbocycles. The number of nitrogens with zero attached hydrogens (tertiary/aromatic N) is 2. The fourth-order valence-corrected chi connectivity index (χ4v) is 4.07. The number of nitrogens with one attached hydrogen (secondary N) is 2. The van der Waals surface area contributed by atoms with Crippen molar-refractivity contribution in [3.05, 3.63) is 59.5 Å². The fraction of sp³-hybridized carbons (Fsp3) is 0.542. The Labute approximate surface area is 202 Å². The molecule has 7 heteroatoms. The van der Waals surface area contributed by atoms with Crippen LogP contribution in [0.1, 0.15) is 42.6 Å². The van der Waals surface area contributed by atoms with Crippen LogP contribution in [-0.2, 0) is 24.2 Å². The lowest BCUT2D eigenvalue weighted by atomic mass is 10.1. The molecule has 31 heavy (non-hydrogen) atoms. The van der Waals surface area contributed by atoms with Crippen molar-refractivity contribution in [2.24, 2.45) is 4.99 Å². The number of hydrogen-bond acceptors (Lipinski definition) is 4. The Morgan fingerprint density at radius 1 is 1.03 bits per heavy atom. The summed E-state index contributed by atoms with van der Waals surface area (Å²) in [5.74, 6) is 1.81. The minimum absolute atomic E-state index is 0. The standard InChI is InChI=1S/C24H34N4O2.HI/c1-2-14-28(13-1)19-21-9-7-20(8-10-21)17-26-24(27-18-23-6-4-16-30-23)25-12-11-22-5-3-15-29-22;/h3,5,7-10,15,23H,1-2,4,6,11-14,16-19H2,(H2,25,26,27);1H. The molecule has 1 unspecified atom stereocenters. The maximum absolute atomic E-state index is 5.73. The van der Waals surface area contributed by atoms with E-state index >= 15 is 0 Å². The summed E-state index contributed by atoms with van der Waals surface area (Å²) in [6.07, 6.45) is 7.77. The third-order valence-corrected chi connectivity index (χ3v) is 5.81. The highest BCUT2D eigenvalue weighted by molar-refractivity contribution is 14.0. The number of aliphatic imine (C=N–C) groups is 1. The van der Waals surface area contributed by atoms with E-state index in [9.17, 15) is 0 Å². The average Bonchev–Trinajstić information content (AvgIpc) is 3.55. The van der Waals surface area contributed by atoms with E-state index in [4.69, 9.17) is 14.1 Å². The topological polar surface area (TPSA) is 62.0 Å². The quantitative estimate of drug-likeness (QED) is 0.288. The second kappa shape index (κ2) is 13.1. The molecule has 6 nitrogen and oxygen atoms in total. The van der Waals surface area contributed by atoms with Crippen molar-refractivity contribution >= 4 is 29.9 Å². The van der Waals surface area contributed by atoms with Gasteiger partial charge in [0.25, 0.3) is 0 Å². The molecule has 2 aliphatic heterocycles. The number of hydrogen-bond donors (Lipinski definition) is 2. The first-order chi connectivity index (χ1) is 14.8. The van der Waals surface area contributed by atoms with E-state index in [1.54, 1.807) is 6.26 Å². The van der Waals surface area contributed by atoms with E-state index in [1.165, 1.54) is 37.1 Å². The van der Waals surface area contributed by atoms with Crippen LogP contribution < -0.4 is 10.6 Å². The molecule has 1 aromatic heterocycles. The van der Waals surface area contributed by atoms with Crippen LogP contribution in [0.5, 0.6) is 0 Å². The predicted octanol–water partition coefficient (Wildman–Crippen LogP) is 3.95. The number of ether oxygens (including phenoxy) is 1. The Bertz CT molecular complexity index is 767. The van der Waals surface area contributed by atoms with Gasteiger partial charge in [-0.1, -0.05) is 24.3 Å². The molecule has 2 aromatic rings. The number of furan rings is 1. The van der Waals surface area contributed by atoms with Gasteiger partial charge in [0, 0.05) is 32.7 Å². The molecule has 0 amide bonds. The van der Waals surface area contributed by atoms with Gasteiger partial charge in [-0.05, 0) is 62.0 Å². The largest absolute Gasteiger partial charge is 0.469 e. The molecule has 2 fully saturated rings. The van der Waals surface area contributed by atoms with Crippen LogP contribution in [0.25, 0.3) is 0 Å². The lowest BCUT2D eigenvalue weighted by Gasteiger charge is -2.16. The Balaban J connectivity index is 0.00000272. The fourth-order valence-electron chi connectivity index (χ4n) is 4.07. The highest BCUT2D eigenvalue weighted by atomic mass is 127. The lowest BCUT2D eigenvalue weighted by molar-refractivity contribution is 0.114. The van der Waals surface area contributed by atoms with Gasteiger partial charge >= 0.3 is 0 Å². The number of guanidine groups is 1. The summed E-state index contributed by atoms with van der Waals surface area (Å²) in [6, 6.07) is 12.8. The van der Waals surface area contributed by atoms with Gasteiger partial charge in [0.2, 0.25) is 0 Å². The van der Waals surface area contributed by atoms with Gasteiger partial charge in [-0.25, -0.2) is 4.99 Å². The van der Waals surface area contributed by atoms with E-state index in [2.05, 4.69) is 39.8 Å². The normalized spacial score (nSPS) is 19.4. The molecule has 0 spiro atoms. The second-order valence-corrected chi connectivity index (χ2v) is 8.24. The van der Waals surface area contributed by atoms with Crippen molar-refractivity contribution in [1.29, 1.82) is 0 Å². The molecule has 4 rings (SSSR count). The first-order valence-corrected chi connectivity index (χ1v) is 11.3. The van der Waals surface area contributed by atoms with Gasteiger partial charge in [-0.2, -0.15) is 0 Å². The summed E-state index contributed by atoms with van der Waals surface area (Å²) in [4.78, 5) is 7.34. The van der Waals surface area contributed by atoms with E-state index in [0.717, 1.165) is 57.2 Å². The second-order valence-electron chi connectivity index (χ2n) is 8.24. The molecule has 0 radical (unpaired) electrons. The molecule has 2 aliphatic rings. The molecular formula is C24H35IN4O2. The van der Waals surface area contributed by atoms with Crippen LogP contribution in [0.2, 0.25) is 0 Å². The third kappa shape index (κ3) is 8.12. The van der Waals surface area contributed by atoms with Gasteiger partial charge in [0.15, 0.2) is 5.96 Å². The summed E-state index contributed by atoms with van der Waals surface area (Å²) in [5.41, 5.74) is 2.61. The third-order valence-electron chi connectivity index (χ3n) is 5.81. The molecular weight excluding hydrogens is 503 g/mol. The smallest absolute Gasteiger partial charge is 0.191 e. The summed E-state index contributed by atoms with van der Waals surface area (Å²) >= 11 is 0. The summed E-state index contributed by atoms with van der Waals surface area (Å²) < 4.78 is 11.2. The van der Waals surface area contributed by atoms with Crippen LogP contribution in [-0.4, -0.2) is 49.7 Å². The van der Waals surface area contributed by atoms with Crippen molar-refractivity contribution in [2.45, 2.75) is 51.3 Å². The van der Waals surface area contributed by atoms with Crippen molar-refractivity contribution < 1.29 is 9.15 Å². The molecule has 170 valence electrons. The number of halogens is 1. The van der Waals surface area contributed by atoms with E-state index in [-0.39, 0.29) is 30.1 Å². The molecule has 1 atom stereocenters. The molecule has 1 aromatic carbocycles. The predicted molar refractivity (Wildman–Crippen MR) is 135 cm³/mol. The zero-order valence-corrected chi connectivity index (χ0v) is 20.6. The van der Waals surface area contributed by atoms with Gasteiger partial charge < -0.3 is 19.8 Å². The van der Waals surface area contributed by atoms with Crippen molar-refractivity contribution in [2.75, 3.05) is 32.8 Å². The van der Waals surface area contributed by atoms with Gasteiger partial charge in [-0.3, -0.25) is 4.90 Å². The first-order valence-electron chi connectivity index (χ1n) is 11.3. The molecule has 2 saturated heterocycles. The Hall–Kier alpha value is -1.58. The Kier molecular flexibility index (Phi) is 10.2. The van der Waals surface area contributed by atoms with E-state index in [0.29, 0.717) is 6.54 Å². The van der Waals surface area contributed by atoms with Crippen LogP contribution >= 0.6 is 24.0 Å². The van der Waals surface area contributed by atoms with E-state index < -0.39 is 0 Å². The van der Waals surface area contributed by atoms with Gasteiger partial charge in [0.05, 0.1) is 18.9 Å². The van der Waals surface area contributed by atoms with E-state index in [1.807, 2.05) is 12.1 Å². The monoisotopic (exact) mass is 538 g/mol. The van der Waals surface area contributed by atoms with Crippen molar-refractivity contribution in [3.63, 3.8) is 0 Å². The Morgan fingerprint density at radius 3 is 2.55 bits per heavy atom. The summed E-state index contributed by atoms with van der Waals surface area (Å²) in [7, 11) is 0. The molecule has 0 aliphatic carbocycles. The highest BCUT2D eigenvalue weighted by Gasteiger charge is 2.15. The Morgan fingerprint density at radius 2 is 1.84 bits per heavy atom. The minimum atomic E-state index is 0. The van der Waals surface area contributed by atoms with Gasteiger partial charge in [-0.15, -0.1) is 24.0 Å². The number of likely N-dealkylation sites (tertiary alicyclic amines) is 1.